The van der Waals surface area contributed by atoms with E-state index in [0.717, 1.165) is 16.7 Å². The van der Waals surface area contributed by atoms with Crippen molar-refractivity contribution in [3.05, 3.63) is 28.8 Å². The van der Waals surface area contributed by atoms with Gasteiger partial charge in [-0.2, -0.15) is 0 Å². The predicted octanol–water partition coefficient (Wildman–Crippen LogP) is 3.88. The molecule has 0 unspecified atom stereocenters. The monoisotopic (exact) mass is 309 g/mol. The lowest BCUT2D eigenvalue weighted by atomic mass is 9.78. The van der Waals surface area contributed by atoms with Gasteiger partial charge in [0.1, 0.15) is 5.75 Å². The van der Waals surface area contributed by atoms with Gasteiger partial charge in [-0.1, -0.05) is 66.5 Å². The Morgan fingerprint density at radius 1 is 1.10 bits per heavy atom. The van der Waals surface area contributed by atoms with Crippen molar-refractivity contribution in [1.29, 1.82) is 0 Å². The first-order chi connectivity index (χ1) is 9.46. The van der Waals surface area contributed by atoms with Gasteiger partial charge in [0.2, 0.25) is 5.91 Å². The maximum atomic E-state index is 11.4. The van der Waals surface area contributed by atoms with Gasteiger partial charge in [-0.15, -0.1) is 0 Å². The summed E-state index contributed by atoms with van der Waals surface area (Å²) in [5.41, 5.74) is 2.63. The van der Waals surface area contributed by atoms with Crippen LogP contribution in [0.3, 0.4) is 0 Å². The van der Waals surface area contributed by atoms with Gasteiger partial charge in [0.15, 0.2) is 0 Å². The molecule has 0 heterocycles. The molecule has 0 saturated heterocycles. The Balaban J connectivity index is 3.31. The summed E-state index contributed by atoms with van der Waals surface area (Å²) in [7, 11) is 0. The second-order valence-electron chi connectivity index (χ2n) is 7.57. The maximum absolute atomic E-state index is 11.4. The van der Waals surface area contributed by atoms with E-state index in [1.54, 1.807) is 0 Å². The fourth-order valence-electron chi connectivity index (χ4n) is 2.30. The molecular formula is C17H27NO2S. The van der Waals surface area contributed by atoms with Gasteiger partial charge in [0.05, 0.1) is 0 Å². The number of aromatic hydroxyl groups is 1. The molecule has 4 heteroatoms. The fraction of sp³-hybridized carbons (Fsp3) is 0.588. The maximum Gasteiger partial charge on any atom is 0.229 e. The third kappa shape index (κ3) is 4.67. The van der Waals surface area contributed by atoms with Crippen LogP contribution in [0, 0.1) is 0 Å². The quantitative estimate of drug-likeness (QED) is 0.742. The number of aryl methyl sites for hydroxylation is 1. The van der Waals surface area contributed by atoms with Gasteiger partial charge in [0.25, 0.3) is 0 Å². The molecule has 118 valence electrons. The summed E-state index contributed by atoms with van der Waals surface area (Å²) in [6.07, 6.45) is 1.03. The van der Waals surface area contributed by atoms with Crippen molar-refractivity contribution in [3.8, 4) is 5.75 Å². The second-order valence-corrected chi connectivity index (χ2v) is 7.80. The minimum atomic E-state index is -0.147. The summed E-state index contributed by atoms with van der Waals surface area (Å²) in [5, 5.41) is 10.6. The number of nitrogens with one attached hydrogen (secondary N) is 1. The molecule has 0 saturated carbocycles. The lowest BCUT2D eigenvalue weighted by molar-refractivity contribution is -0.119. The van der Waals surface area contributed by atoms with E-state index in [2.05, 4.69) is 59.1 Å². The predicted molar refractivity (Wildman–Crippen MR) is 91.0 cm³/mol. The van der Waals surface area contributed by atoms with Gasteiger partial charge in [-0.3, -0.25) is 4.79 Å². The van der Waals surface area contributed by atoms with E-state index in [0.29, 0.717) is 18.6 Å². The van der Waals surface area contributed by atoms with Gasteiger partial charge < -0.3 is 9.83 Å². The second kappa shape index (κ2) is 6.30. The summed E-state index contributed by atoms with van der Waals surface area (Å²) >= 11 is 3.77. The normalized spacial score (nSPS) is 12.3. The van der Waals surface area contributed by atoms with Crippen molar-refractivity contribution in [1.82, 2.24) is 4.72 Å². The van der Waals surface area contributed by atoms with Crippen LogP contribution in [-0.4, -0.2) is 11.0 Å². The Labute approximate surface area is 133 Å². The van der Waals surface area contributed by atoms with E-state index in [4.69, 9.17) is 0 Å². The van der Waals surface area contributed by atoms with Crippen molar-refractivity contribution in [3.63, 3.8) is 0 Å². The molecule has 0 aliphatic heterocycles. The third-order valence-corrected chi connectivity index (χ3v) is 3.80. The zero-order valence-corrected chi connectivity index (χ0v) is 14.8. The highest BCUT2D eigenvalue weighted by Crippen LogP contribution is 2.39. The summed E-state index contributed by atoms with van der Waals surface area (Å²) in [4.78, 5) is 11.4. The van der Waals surface area contributed by atoms with E-state index in [1.807, 2.05) is 12.1 Å². The highest BCUT2D eigenvalue weighted by Gasteiger charge is 2.26. The van der Waals surface area contributed by atoms with E-state index in [9.17, 15) is 9.90 Å². The number of hydrogen-bond acceptors (Lipinski definition) is 3. The first-order valence-corrected chi connectivity index (χ1v) is 7.71. The van der Waals surface area contributed by atoms with Crippen LogP contribution in [0.2, 0.25) is 0 Å². The molecule has 1 amide bonds. The molecule has 1 aromatic carbocycles. The van der Waals surface area contributed by atoms with Crippen LogP contribution in [0.25, 0.3) is 0 Å². The molecule has 1 aromatic rings. The zero-order chi connectivity index (χ0) is 16.4. The Morgan fingerprint density at radius 3 is 1.86 bits per heavy atom. The molecule has 0 bridgehead atoms. The average Bonchev–Trinajstić information content (AvgIpc) is 2.34. The van der Waals surface area contributed by atoms with E-state index in [1.165, 1.54) is 0 Å². The highest BCUT2D eigenvalue weighted by atomic mass is 32.1. The fourth-order valence-corrected chi connectivity index (χ4v) is 2.41. The summed E-state index contributed by atoms with van der Waals surface area (Å²) < 4.78 is 2.34. The summed E-state index contributed by atoms with van der Waals surface area (Å²) in [6.45, 7) is 12.5. The van der Waals surface area contributed by atoms with Crippen molar-refractivity contribution in [2.24, 2.45) is 0 Å². The number of benzene rings is 1. The van der Waals surface area contributed by atoms with Crippen molar-refractivity contribution in [2.45, 2.75) is 65.2 Å². The van der Waals surface area contributed by atoms with E-state index < -0.39 is 0 Å². The van der Waals surface area contributed by atoms with Gasteiger partial charge in [-0.25, -0.2) is 0 Å². The molecule has 0 spiro atoms. The number of carbonyl (C=O) groups is 1. The minimum absolute atomic E-state index is 0.0963. The van der Waals surface area contributed by atoms with E-state index >= 15 is 0 Å². The largest absolute Gasteiger partial charge is 0.507 e. The molecule has 0 aliphatic rings. The molecule has 0 fully saturated rings. The van der Waals surface area contributed by atoms with Crippen LogP contribution in [0.1, 0.15) is 64.7 Å². The molecule has 0 atom stereocenters. The number of thiol groups is 1. The number of rotatable bonds is 3. The van der Waals surface area contributed by atoms with Crippen molar-refractivity contribution >= 4 is 18.7 Å². The first kappa shape index (κ1) is 17.9. The molecule has 21 heavy (non-hydrogen) atoms. The SMILES string of the molecule is CC(C)(C)c1cc(CCC(=O)NS)cc(C(C)(C)C)c1O. The molecule has 2 N–H and O–H groups in total. The van der Waals surface area contributed by atoms with Crippen LogP contribution in [0.5, 0.6) is 5.75 Å². The summed E-state index contributed by atoms with van der Waals surface area (Å²) in [6, 6.07) is 4.02. The Hall–Kier alpha value is -1.16. The number of carbonyl (C=O) groups excluding carboxylic acids is 1. The smallest absolute Gasteiger partial charge is 0.229 e. The standard InChI is InChI=1S/C17H27NO2S/c1-16(2,3)12-9-11(7-8-14(19)18-21)10-13(15(12)20)17(4,5)6/h9-10,20-21H,7-8H2,1-6H3,(H,18,19). The van der Waals surface area contributed by atoms with Crippen LogP contribution in [0.4, 0.5) is 0 Å². The van der Waals surface area contributed by atoms with Gasteiger partial charge >= 0.3 is 0 Å². The van der Waals surface area contributed by atoms with E-state index in [-0.39, 0.29) is 16.7 Å². The van der Waals surface area contributed by atoms with Crippen molar-refractivity contribution in [2.75, 3.05) is 0 Å². The first-order valence-electron chi connectivity index (χ1n) is 7.26. The molecule has 0 radical (unpaired) electrons. The molecule has 3 nitrogen and oxygen atoms in total. The number of phenolic OH excluding ortho intramolecular Hbond substituents is 1. The van der Waals surface area contributed by atoms with Crippen LogP contribution < -0.4 is 4.72 Å². The Morgan fingerprint density at radius 2 is 1.52 bits per heavy atom. The molecular weight excluding hydrogens is 282 g/mol. The van der Waals surface area contributed by atoms with Crippen LogP contribution in [0.15, 0.2) is 12.1 Å². The highest BCUT2D eigenvalue weighted by molar-refractivity contribution is 7.78. The zero-order valence-electron chi connectivity index (χ0n) is 13.9. The van der Waals surface area contributed by atoms with Crippen molar-refractivity contribution < 1.29 is 9.90 Å². The Bertz CT molecular complexity index is 490. The third-order valence-electron chi connectivity index (χ3n) is 3.55. The summed E-state index contributed by atoms with van der Waals surface area (Å²) in [5.74, 6) is 0.276. The number of phenols is 1. The number of hydrogen-bond donors (Lipinski definition) is 3. The minimum Gasteiger partial charge on any atom is -0.507 e. The molecule has 1 rings (SSSR count). The Kier molecular flexibility index (Phi) is 5.37. The van der Waals surface area contributed by atoms with Gasteiger partial charge in [-0.05, 0) is 33.9 Å². The molecule has 0 aromatic heterocycles. The molecule has 0 aliphatic carbocycles. The lowest BCUT2D eigenvalue weighted by Gasteiger charge is -2.28. The topological polar surface area (TPSA) is 49.3 Å². The van der Waals surface area contributed by atoms with Gasteiger partial charge in [0, 0.05) is 6.42 Å². The average molecular weight is 309 g/mol. The van der Waals surface area contributed by atoms with Crippen LogP contribution in [-0.2, 0) is 22.0 Å². The number of amides is 1. The van der Waals surface area contributed by atoms with Crippen LogP contribution >= 0.6 is 12.8 Å². The lowest BCUT2D eigenvalue weighted by Crippen LogP contribution is -2.18.